The molecule has 0 aromatic heterocycles. The molecule has 1 aliphatic rings. The molecule has 114 valence electrons. The molecule has 5 nitrogen and oxygen atoms in total. The van der Waals surface area contributed by atoms with Crippen LogP contribution in [0.15, 0.2) is 23.1 Å². The third-order valence-corrected chi connectivity index (χ3v) is 5.85. The summed E-state index contributed by atoms with van der Waals surface area (Å²) in [4.78, 5) is -0.0142. The Morgan fingerprint density at radius 1 is 1.43 bits per heavy atom. The van der Waals surface area contributed by atoms with Gasteiger partial charge in [-0.2, -0.15) is 5.26 Å². The Bertz CT molecular complexity index is 649. The van der Waals surface area contributed by atoms with E-state index in [1.807, 2.05) is 6.07 Å². The highest BCUT2D eigenvalue weighted by Crippen LogP contribution is 2.29. The van der Waals surface area contributed by atoms with Crippen molar-refractivity contribution in [2.45, 2.75) is 36.6 Å². The average Bonchev–Trinajstić information content (AvgIpc) is 2.98. The lowest BCUT2D eigenvalue weighted by atomic mass is 9.99. The second kappa shape index (κ2) is 6.75. The molecule has 1 atom stereocenters. The first-order chi connectivity index (χ1) is 9.97. The molecule has 1 aromatic carbocycles. The Kier molecular flexibility index (Phi) is 5.22. The molecular weight excluding hydrogens is 310 g/mol. The fourth-order valence-corrected chi connectivity index (χ4v) is 4.61. The zero-order valence-electron chi connectivity index (χ0n) is 11.5. The van der Waals surface area contributed by atoms with Crippen LogP contribution in [0.4, 0.5) is 0 Å². The van der Waals surface area contributed by atoms with Gasteiger partial charge in [0, 0.05) is 12.6 Å². The Morgan fingerprint density at radius 2 is 2.10 bits per heavy atom. The van der Waals surface area contributed by atoms with E-state index in [0.29, 0.717) is 5.56 Å². The van der Waals surface area contributed by atoms with Crippen LogP contribution in [0, 0.1) is 17.2 Å². The van der Waals surface area contributed by atoms with Crippen LogP contribution in [0.25, 0.3) is 0 Å². The number of hydrogen-bond acceptors (Lipinski definition) is 4. The molecule has 21 heavy (non-hydrogen) atoms. The van der Waals surface area contributed by atoms with Gasteiger partial charge in [0.2, 0.25) is 10.0 Å². The summed E-state index contributed by atoms with van der Waals surface area (Å²) >= 11 is 5.98. The lowest BCUT2D eigenvalue weighted by Crippen LogP contribution is -2.44. The minimum Gasteiger partial charge on any atom is -0.329 e. The third kappa shape index (κ3) is 3.74. The monoisotopic (exact) mass is 327 g/mol. The lowest BCUT2D eigenvalue weighted by molar-refractivity contribution is 0.405. The predicted octanol–water partition coefficient (Wildman–Crippen LogP) is 2.01. The fourth-order valence-electron chi connectivity index (χ4n) is 2.75. The minimum absolute atomic E-state index is 0.0142. The Morgan fingerprint density at radius 3 is 2.62 bits per heavy atom. The van der Waals surface area contributed by atoms with E-state index in [1.54, 1.807) is 0 Å². The Hall–Kier alpha value is -1.13. The summed E-state index contributed by atoms with van der Waals surface area (Å²) in [5.74, 6) is 0.280. The van der Waals surface area contributed by atoms with Gasteiger partial charge in [-0.3, -0.25) is 0 Å². The molecule has 1 aromatic rings. The SMILES string of the molecule is N#Cc1ccc(S(=O)(=O)NC(CN)C2CCCC2)c(Cl)c1. The molecule has 0 amide bonds. The van der Waals surface area contributed by atoms with Crippen LogP contribution in [0.5, 0.6) is 0 Å². The van der Waals surface area contributed by atoms with Crippen LogP contribution in [-0.2, 0) is 10.0 Å². The molecule has 2 rings (SSSR count). The van der Waals surface area contributed by atoms with Crippen molar-refractivity contribution in [2.75, 3.05) is 6.54 Å². The van der Waals surface area contributed by atoms with Crippen molar-refractivity contribution in [1.29, 1.82) is 5.26 Å². The number of sulfonamides is 1. The summed E-state index contributed by atoms with van der Waals surface area (Å²) in [6, 6.07) is 5.79. The lowest BCUT2D eigenvalue weighted by Gasteiger charge is -2.23. The standard InChI is InChI=1S/C14H18ClN3O2S/c15-12-7-10(8-16)5-6-14(12)21(19,20)18-13(9-17)11-3-1-2-4-11/h5-7,11,13,18H,1-4,9,17H2. The van der Waals surface area contributed by atoms with Crippen LogP contribution in [0.2, 0.25) is 5.02 Å². The molecule has 1 fully saturated rings. The van der Waals surface area contributed by atoms with Gasteiger partial charge >= 0.3 is 0 Å². The summed E-state index contributed by atoms with van der Waals surface area (Å²) in [6.07, 6.45) is 4.21. The molecule has 0 spiro atoms. The van der Waals surface area contributed by atoms with Gasteiger partial charge in [0.15, 0.2) is 0 Å². The van der Waals surface area contributed by atoms with E-state index < -0.39 is 10.0 Å². The number of nitrogens with two attached hydrogens (primary N) is 1. The van der Waals surface area contributed by atoms with Gasteiger partial charge in [0.25, 0.3) is 0 Å². The van der Waals surface area contributed by atoms with Gasteiger partial charge in [0.05, 0.1) is 16.7 Å². The van der Waals surface area contributed by atoms with Gasteiger partial charge in [-0.15, -0.1) is 0 Å². The highest BCUT2D eigenvalue weighted by Gasteiger charge is 2.29. The smallest absolute Gasteiger partial charge is 0.242 e. The summed E-state index contributed by atoms with van der Waals surface area (Å²) in [7, 11) is -3.74. The van der Waals surface area contributed by atoms with E-state index >= 15 is 0 Å². The van der Waals surface area contributed by atoms with Crippen LogP contribution in [0.3, 0.4) is 0 Å². The van der Waals surface area contributed by atoms with Gasteiger partial charge in [-0.1, -0.05) is 24.4 Å². The largest absolute Gasteiger partial charge is 0.329 e. The molecule has 1 unspecified atom stereocenters. The maximum Gasteiger partial charge on any atom is 0.242 e. The molecule has 3 N–H and O–H groups in total. The number of benzene rings is 1. The summed E-state index contributed by atoms with van der Waals surface area (Å²) in [6.45, 7) is 0.262. The number of nitriles is 1. The van der Waals surface area contributed by atoms with Crippen molar-refractivity contribution in [3.8, 4) is 6.07 Å². The molecule has 1 saturated carbocycles. The summed E-state index contributed by atoms with van der Waals surface area (Å²) in [5, 5.41) is 8.84. The van der Waals surface area contributed by atoms with Crippen molar-refractivity contribution in [3.63, 3.8) is 0 Å². The second-order valence-electron chi connectivity index (χ2n) is 5.27. The highest BCUT2D eigenvalue weighted by atomic mass is 35.5. The summed E-state index contributed by atoms with van der Waals surface area (Å²) < 4.78 is 27.5. The van der Waals surface area contributed by atoms with Crippen molar-refractivity contribution >= 4 is 21.6 Å². The topological polar surface area (TPSA) is 96.0 Å². The van der Waals surface area contributed by atoms with Crippen molar-refractivity contribution in [2.24, 2.45) is 11.7 Å². The molecular formula is C14H18ClN3O2S. The van der Waals surface area contributed by atoms with Crippen LogP contribution >= 0.6 is 11.6 Å². The average molecular weight is 328 g/mol. The maximum atomic E-state index is 12.4. The van der Waals surface area contributed by atoms with Crippen LogP contribution in [-0.4, -0.2) is 21.0 Å². The maximum absolute atomic E-state index is 12.4. The first kappa shape index (κ1) is 16.2. The van der Waals surface area contributed by atoms with E-state index in [9.17, 15) is 8.42 Å². The molecule has 0 heterocycles. The summed E-state index contributed by atoms with van der Waals surface area (Å²) in [5.41, 5.74) is 6.04. The van der Waals surface area contributed by atoms with E-state index in [4.69, 9.17) is 22.6 Å². The quantitative estimate of drug-likeness (QED) is 0.864. The molecule has 0 aliphatic heterocycles. The number of rotatable bonds is 5. The molecule has 0 radical (unpaired) electrons. The number of nitrogens with one attached hydrogen (secondary N) is 1. The Balaban J connectivity index is 2.23. The van der Waals surface area contributed by atoms with Crippen LogP contribution in [0.1, 0.15) is 31.2 Å². The predicted molar refractivity (Wildman–Crippen MR) is 81.3 cm³/mol. The van der Waals surface area contributed by atoms with Crippen LogP contribution < -0.4 is 10.5 Å². The zero-order chi connectivity index (χ0) is 15.5. The van der Waals surface area contributed by atoms with E-state index in [1.165, 1.54) is 18.2 Å². The van der Waals surface area contributed by atoms with E-state index in [0.717, 1.165) is 25.7 Å². The van der Waals surface area contributed by atoms with Crippen molar-refractivity contribution < 1.29 is 8.42 Å². The first-order valence-corrected chi connectivity index (χ1v) is 8.76. The molecule has 0 saturated heterocycles. The zero-order valence-corrected chi connectivity index (χ0v) is 13.1. The number of nitrogens with zero attached hydrogens (tertiary/aromatic N) is 1. The molecule has 1 aliphatic carbocycles. The highest BCUT2D eigenvalue weighted by molar-refractivity contribution is 7.89. The minimum atomic E-state index is -3.74. The van der Waals surface area contributed by atoms with Gasteiger partial charge < -0.3 is 5.73 Å². The fraction of sp³-hybridized carbons (Fsp3) is 0.500. The first-order valence-electron chi connectivity index (χ1n) is 6.90. The van der Waals surface area contributed by atoms with E-state index in [-0.39, 0.29) is 28.4 Å². The molecule has 7 heteroatoms. The third-order valence-electron chi connectivity index (χ3n) is 3.88. The number of hydrogen-bond donors (Lipinski definition) is 2. The van der Waals surface area contributed by atoms with Gasteiger partial charge in [-0.25, -0.2) is 13.1 Å². The molecule has 0 bridgehead atoms. The van der Waals surface area contributed by atoms with Gasteiger partial charge in [0.1, 0.15) is 4.90 Å². The Labute approximate surface area is 130 Å². The van der Waals surface area contributed by atoms with Crippen molar-refractivity contribution in [3.05, 3.63) is 28.8 Å². The number of halogens is 1. The normalized spacial score (nSPS) is 17.6. The second-order valence-corrected chi connectivity index (χ2v) is 7.35. The van der Waals surface area contributed by atoms with Crippen molar-refractivity contribution in [1.82, 2.24) is 4.72 Å². The van der Waals surface area contributed by atoms with E-state index in [2.05, 4.69) is 4.72 Å². The van der Waals surface area contributed by atoms with Gasteiger partial charge in [-0.05, 0) is 37.0 Å².